The normalized spacial score (nSPS) is 13.8. The molecule has 0 amide bonds. The molecule has 2 unspecified atom stereocenters. The summed E-state index contributed by atoms with van der Waals surface area (Å²) < 4.78 is 5.49. The van der Waals surface area contributed by atoms with Gasteiger partial charge in [0.1, 0.15) is 5.76 Å². The second kappa shape index (κ2) is 6.37. The molecule has 0 spiro atoms. The Bertz CT molecular complexity index is 611. The van der Waals surface area contributed by atoms with Gasteiger partial charge in [-0.05, 0) is 36.8 Å². The summed E-state index contributed by atoms with van der Waals surface area (Å²) in [7, 11) is 0. The molecule has 0 fully saturated rings. The van der Waals surface area contributed by atoms with Crippen molar-refractivity contribution in [3.8, 4) is 0 Å². The van der Waals surface area contributed by atoms with Crippen molar-refractivity contribution in [2.24, 2.45) is 0 Å². The molecule has 3 rings (SSSR count). The lowest BCUT2D eigenvalue weighted by molar-refractivity contribution is 0.409. The van der Waals surface area contributed by atoms with Crippen molar-refractivity contribution in [2.75, 3.05) is 0 Å². The molecule has 0 aliphatic carbocycles. The van der Waals surface area contributed by atoms with Gasteiger partial charge in [0.05, 0.1) is 24.0 Å². The maximum atomic E-state index is 5.49. The summed E-state index contributed by atoms with van der Waals surface area (Å²) in [6.07, 6.45) is 3.52. The standard InChI is InChI=1S/C18H18N2O/c1-14(17-11-7-13-21-17)20-18(15-8-3-2-4-9-15)16-10-5-6-12-19-16/h2-14,18,20H,1H3. The molecule has 21 heavy (non-hydrogen) atoms. The first kappa shape index (κ1) is 13.6. The van der Waals surface area contributed by atoms with Gasteiger partial charge in [-0.3, -0.25) is 10.3 Å². The molecule has 1 N–H and O–H groups in total. The number of aromatic nitrogens is 1. The molecule has 3 aromatic rings. The highest BCUT2D eigenvalue weighted by molar-refractivity contribution is 5.28. The minimum absolute atomic E-state index is 0.0347. The van der Waals surface area contributed by atoms with Crippen molar-refractivity contribution in [1.29, 1.82) is 0 Å². The summed E-state index contributed by atoms with van der Waals surface area (Å²) in [4.78, 5) is 4.50. The van der Waals surface area contributed by atoms with E-state index in [0.717, 1.165) is 11.5 Å². The van der Waals surface area contributed by atoms with Gasteiger partial charge in [-0.15, -0.1) is 0 Å². The van der Waals surface area contributed by atoms with Crippen LogP contribution in [0.1, 0.15) is 36.0 Å². The SMILES string of the molecule is CC(NC(c1ccccc1)c1ccccn1)c1ccco1. The maximum absolute atomic E-state index is 5.49. The fourth-order valence-corrected chi connectivity index (χ4v) is 2.41. The molecule has 2 atom stereocenters. The lowest BCUT2D eigenvalue weighted by atomic mass is 10.0. The van der Waals surface area contributed by atoms with E-state index in [2.05, 4.69) is 29.4 Å². The summed E-state index contributed by atoms with van der Waals surface area (Å²) in [5.41, 5.74) is 2.19. The monoisotopic (exact) mass is 278 g/mol. The summed E-state index contributed by atoms with van der Waals surface area (Å²) in [6, 6.07) is 20.4. The van der Waals surface area contributed by atoms with Crippen molar-refractivity contribution < 1.29 is 4.42 Å². The number of nitrogens with one attached hydrogen (secondary N) is 1. The van der Waals surface area contributed by atoms with Crippen LogP contribution in [-0.2, 0) is 0 Å². The minimum atomic E-state index is 0.0347. The van der Waals surface area contributed by atoms with Gasteiger partial charge in [0, 0.05) is 6.20 Å². The van der Waals surface area contributed by atoms with Crippen LogP contribution >= 0.6 is 0 Å². The van der Waals surface area contributed by atoms with Gasteiger partial charge in [-0.1, -0.05) is 36.4 Å². The van der Waals surface area contributed by atoms with Gasteiger partial charge in [0.2, 0.25) is 0 Å². The molecule has 0 aliphatic rings. The lowest BCUT2D eigenvalue weighted by Crippen LogP contribution is -2.26. The summed E-state index contributed by atoms with van der Waals surface area (Å²) in [6.45, 7) is 2.09. The average molecular weight is 278 g/mol. The summed E-state index contributed by atoms with van der Waals surface area (Å²) in [5, 5.41) is 3.60. The Morgan fingerprint density at radius 2 is 1.76 bits per heavy atom. The van der Waals surface area contributed by atoms with Gasteiger partial charge in [-0.2, -0.15) is 0 Å². The van der Waals surface area contributed by atoms with Crippen LogP contribution in [0.25, 0.3) is 0 Å². The highest BCUT2D eigenvalue weighted by Gasteiger charge is 2.19. The van der Waals surface area contributed by atoms with Gasteiger partial charge in [0.15, 0.2) is 0 Å². The smallest absolute Gasteiger partial charge is 0.120 e. The topological polar surface area (TPSA) is 38.1 Å². The quantitative estimate of drug-likeness (QED) is 0.763. The van der Waals surface area contributed by atoms with Crippen LogP contribution in [0.15, 0.2) is 77.5 Å². The van der Waals surface area contributed by atoms with Crippen LogP contribution in [0.2, 0.25) is 0 Å². The second-order valence-corrected chi connectivity index (χ2v) is 5.00. The Kier molecular flexibility index (Phi) is 4.12. The second-order valence-electron chi connectivity index (χ2n) is 5.00. The Balaban J connectivity index is 1.90. The Hall–Kier alpha value is -2.39. The number of benzene rings is 1. The largest absolute Gasteiger partial charge is 0.468 e. The molecular formula is C18H18N2O. The van der Waals surface area contributed by atoms with E-state index in [1.165, 1.54) is 5.56 Å². The third-order valence-electron chi connectivity index (χ3n) is 3.50. The zero-order chi connectivity index (χ0) is 14.5. The molecule has 3 heteroatoms. The number of nitrogens with zero attached hydrogens (tertiary/aromatic N) is 1. The van der Waals surface area contributed by atoms with E-state index in [4.69, 9.17) is 4.42 Å². The predicted molar refractivity (Wildman–Crippen MR) is 82.8 cm³/mol. The van der Waals surface area contributed by atoms with Gasteiger partial charge >= 0.3 is 0 Å². The van der Waals surface area contributed by atoms with Crippen LogP contribution in [0, 0.1) is 0 Å². The molecule has 3 nitrogen and oxygen atoms in total. The molecule has 106 valence electrons. The molecule has 0 bridgehead atoms. The third-order valence-corrected chi connectivity index (χ3v) is 3.50. The molecule has 2 aromatic heterocycles. The van der Waals surface area contributed by atoms with E-state index < -0.39 is 0 Å². The van der Waals surface area contributed by atoms with Crippen molar-refractivity contribution in [3.05, 3.63) is 90.1 Å². The van der Waals surface area contributed by atoms with Crippen LogP contribution in [0.4, 0.5) is 0 Å². The van der Waals surface area contributed by atoms with E-state index in [9.17, 15) is 0 Å². The molecule has 0 radical (unpaired) electrons. The predicted octanol–water partition coefficient (Wildman–Crippen LogP) is 4.11. The summed E-state index contributed by atoms with van der Waals surface area (Å²) in [5.74, 6) is 0.923. The number of rotatable bonds is 5. The molecule has 0 saturated heterocycles. The Morgan fingerprint density at radius 1 is 0.952 bits per heavy atom. The molecule has 0 aliphatic heterocycles. The Morgan fingerprint density at radius 3 is 2.43 bits per heavy atom. The van der Waals surface area contributed by atoms with Crippen molar-refractivity contribution in [3.63, 3.8) is 0 Å². The molecule has 0 saturated carbocycles. The van der Waals surface area contributed by atoms with Gasteiger partial charge in [0.25, 0.3) is 0 Å². The third kappa shape index (κ3) is 3.20. The minimum Gasteiger partial charge on any atom is -0.468 e. The number of hydrogen-bond acceptors (Lipinski definition) is 3. The first-order valence-electron chi connectivity index (χ1n) is 7.10. The zero-order valence-electron chi connectivity index (χ0n) is 11.9. The average Bonchev–Trinajstić information content (AvgIpc) is 3.09. The fourth-order valence-electron chi connectivity index (χ4n) is 2.41. The van der Waals surface area contributed by atoms with Crippen LogP contribution in [0.3, 0.4) is 0 Å². The Labute approximate surface area is 124 Å². The van der Waals surface area contributed by atoms with E-state index in [0.29, 0.717) is 0 Å². The number of furan rings is 1. The van der Waals surface area contributed by atoms with E-state index >= 15 is 0 Å². The van der Waals surface area contributed by atoms with Gasteiger partial charge < -0.3 is 4.42 Å². The number of hydrogen-bond donors (Lipinski definition) is 1. The van der Waals surface area contributed by atoms with Crippen LogP contribution in [0.5, 0.6) is 0 Å². The van der Waals surface area contributed by atoms with E-state index in [-0.39, 0.29) is 12.1 Å². The highest BCUT2D eigenvalue weighted by Crippen LogP contribution is 2.24. The maximum Gasteiger partial charge on any atom is 0.120 e. The first-order chi connectivity index (χ1) is 10.3. The molecule has 1 aromatic carbocycles. The van der Waals surface area contributed by atoms with Crippen LogP contribution < -0.4 is 5.32 Å². The molecular weight excluding hydrogens is 260 g/mol. The number of pyridine rings is 1. The van der Waals surface area contributed by atoms with E-state index in [1.54, 1.807) is 6.26 Å². The van der Waals surface area contributed by atoms with Gasteiger partial charge in [-0.25, -0.2) is 0 Å². The zero-order valence-corrected chi connectivity index (χ0v) is 11.9. The highest BCUT2D eigenvalue weighted by atomic mass is 16.3. The first-order valence-corrected chi connectivity index (χ1v) is 7.10. The van der Waals surface area contributed by atoms with Crippen LogP contribution in [-0.4, -0.2) is 4.98 Å². The molecule has 2 heterocycles. The summed E-state index contributed by atoms with van der Waals surface area (Å²) >= 11 is 0. The van der Waals surface area contributed by atoms with Crippen molar-refractivity contribution >= 4 is 0 Å². The fraction of sp³-hybridized carbons (Fsp3) is 0.167. The van der Waals surface area contributed by atoms with Crippen molar-refractivity contribution in [1.82, 2.24) is 10.3 Å². The van der Waals surface area contributed by atoms with Crippen molar-refractivity contribution in [2.45, 2.75) is 19.0 Å². The lowest BCUT2D eigenvalue weighted by Gasteiger charge is -2.22. The van der Waals surface area contributed by atoms with E-state index in [1.807, 2.05) is 54.7 Å².